The van der Waals surface area contributed by atoms with Crippen molar-refractivity contribution >= 4 is 11.9 Å². The highest BCUT2D eigenvalue weighted by Crippen LogP contribution is 2.21. The highest BCUT2D eigenvalue weighted by Gasteiger charge is 2.23. The summed E-state index contributed by atoms with van der Waals surface area (Å²) in [6, 6.07) is 1.00. The second kappa shape index (κ2) is 6.69. The van der Waals surface area contributed by atoms with E-state index in [9.17, 15) is 0 Å². The lowest BCUT2D eigenvalue weighted by atomic mass is 10.0. The van der Waals surface area contributed by atoms with Gasteiger partial charge in [0.2, 0.25) is 11.9 Å². The van der Waals surface area contributed by atoms with E-state index in [4.69, 9.17) is 4.74 Å². The van der Waals surface area contributed by atoms with Gasteiger partial charge in [0.15, 0.2) is 0 Å². The van der Waals surface area contributed by atoms with Crippen LogP contribution in [0.4, 0.5) is 11.9 Å². The summed E-state index contributed by atoms with van der Waals surface area (Å²) in [5, 5.41) is 3.11. The Hall–Kier alpha value is -1.63. The van der Waals surface area contributed by atoms with Crippen LogP contribution in [0, 0.1) is 0 Å². The van der Waals surface area contributed by atoms with Gasteiger partial charge in [-0.3, -0.25) is 0 Å². The van der Waals surface area contributed by atoms with Gasteiger partial charge in [-0.05, 0) is 33.9 Å². The average molecular weight is 280 g/mol. The molecule has 1 aliphatic heterocycles. The molecule has 1 aliphatic rings. The molecule has 0 bridgehead atoms. The van der Waals surface area contributed by atoms with Crippen LogP contribution in [0.5, 0.6) is 6.01 Å². The van der Waals surface area contributed by atoms with Gasteiger partial charge in [-0.1, -0.05) is 0 Å². The number of methoxy groups -OCH3 is 1. The van der Waals surface area contributed by atoms with Crippen LogP contribution in [-0.4, -0.2) is 66.7 Å². The van der Waals surface area contributed by atoms with Crippen molar-refractivity contribution in [3.8, 4) is 6.01 Å². The van der Waals surface area contributed by atoms with Crippen molar-refractivity contribution in [1.82, 2.24) is 19.9 Å². The summed E-state index contributed by atoms with van der Waals surface area (Å²) < 4.78 is 5.15. The van der Waals surface area contributed by atoms with Crippen LogP contribution in [0.3, 0.4) is 0 Å². The van der Waals surface area contributed by atoms with Crippen molar-refractivity contribution in [3.05, 3.63) is 0 Å². The van der Waals surface area contributed by atoms with E-state index in [2.05, 4.69) is 44.2 Å². The summed E-state index contributed by atoms with van der Waals surface area (Å²) in [5.74, 6) is 1.27. The quantitative estimate of drug-likeness (QED) is 0.857. The summed E-state index contributed by atoms with van der Waals surface area (Å²) in [6.07, 6.45) is 2.25. The fourth-order valence-electron chi connectivity index (χ4n) is 2.40. The first-order valence-corrected chi connectivity index (χ1v) is 7.09. The molecule has 1 aromatic rings. The van der Waals surface area contributed by atoms with Crippen molar-refractivity contribution in [3.63, 3.8) is 0 Å². The van der Waals surface area contributed by atoms with E-state index in [-0.39, 0.29) is 0 Å². The zero-order chi connectivity index (χ0) is 14.5. The maximum atomic E-state index is 5.15. The average Bonchev–Trinajstić information content (AvgIpc) is 2.47. The molecule has 0 unspecified atom stereocenters. The number of hydrogen-bond donors (Lipinski definition) is 1. The van der Waals surface area contributed by atoms with E-state index in [0.717, 1.165) is 32.5 Å². The van der Waals surface area contributed by atoms with Gasteiger partial charge in [-0.25, -0.2) is 0 Å². The lowest BCUT2D eigenvalue weighted by molar-refractivity contribution is 0.248. The van der Waals surface area contributed by atoms with E-state index in [1.165, 1.54) is 0 Å². The van der Waals surface area contributed by atoms with Crippen molar-refractivity contribution < 1.29 is 4.74 Å². The van der Waals surface area contributed by atoms with Gasteiger partial charge in [0.25, 0.3) is 0 Å². The monoisotopic (exact) mass is 280 g/mol. The molecule has 7 nitrogen and oxygen atoms in total. The van der Waals surface area contributed by atoms with Crippen LogP contribution >= 0.6 is 0 Å². The molecule has 0 aliphatic carbocycles. The molecular formula is C13H24N6O. The molecule has 2 rings (SSSR count). The highest BCUT2D eigenvalue weighted by molar-refractivity contribution is 5.38. The van der Waals surface area contributed by atoms with Crippen LogP contribution in [0.15, 0.2) is 0 Å². The molecule has 2 heterocycles. The fourth-order valence-corrected chi connectivity index (χ4v) is 2.40. The first-order chi connectivity index (χ1) is 9.63. The second-order valence-electron chi connectivity index (χ2n) is 5.16. The molecule has 20 heavy (non-hydrogen) atoms. The number of nitrogens with one attached hydrogen (secondary N) is 1. The fraction of sp³-hybridized carbons (Fsp3) is 0.769. The molecule has 1 N–H and O–H groups in total. The van der Waals surface area contributed by atoms with Crippen molar-refractivity contribution in [1.29, 1.82) is 0 Å². The Morgan fingerprint density at radius 1 is 1.25 bits per heavy atom. The number of nitrogens with zero attached hydrogens (tertiary/aromatic N) is 5. The maximum Gasteiger partial charge on any atom is 0.322 e. The van der Waals surface area contributed by atoms with Crippen LogP contribution in [0.2, 0.25) is 0 Å². The van der Waals surface area contributed by atoms with Gasteiger partial charge < -0.3 is 19.9 Å². The van der Waals surface area contributed by atoms with Gasteiger partial charge >= 0.3 is 6.01 Å². The SMILES string of the molecule is CCNc1nc(OC)nc(N2CCC(N(C)C)CC2)n1. The molecule has 1 aromatic heterocycles. The number of ether oxygens (including phenoxy) is 1. The second-order valence-corrected chi connectivity index (χ2v) is 5.16. The minimum absolute atomic E-state index is 0.362. The van der Waals surface area contributed by atoms with Gasteiger partial charge in [0, 0.05) is 25.7 Å². The predicted molar refractivity (Wildman–Crippen MR) is 79.5 cm³/mol. The van der Waals surface area contributed by atoms with E-state index >= 15 is 0 Å². The number of aromatic nitrogens is 3. The van der Waals surface area contributed by atoms with Gasteiger partial charge in [-0.15, -0.1) is 0 Å². The lowest BCUT2D eigenvalue weighted by Crippen LogP contribution is -2.42. The molecule has 7 heteroatoms. The third kappa shape index (κ3) is 3.47. The molecule has 1 saturated heterocycles. The van der Waals surface area contributed by atoms with Crippen molar-refractivity contribution in [2.45, 2.75) is 25.8 Å². The Kier molecular flexibility index (Phi) is 4.94. The summed E-state index contributed by atoms with van der Waals surface area (Å²) in [7, 11) is 5.85. The zero-order valence-electron chi connectivity index (χ0n) is 12.8. The molecule has 0 amide bonds. The first kappa shape index (κ1) is 14.8. The minimum atomic E-state index is 0.362. The maximum absolute atomic E-state index is 5.15. The van der Waals surface area contributed by atoms with Crippen LogP contribution in [0.1, 0.15) is 19.8 Å². The molecule has 1 fully saturated rings. The Morgan fingerprint density at radius 3 is 2.50 bits per heavy atom. The largest absolute Gasteiger partial charge is 0.467 e. The first-order valence-electron chi connectivity index (χ1n) is 7.09. The van der Waals surface area contributed by atoms with E-state index in [0.29, 0.717) is 23.9 Å². The smallest absolute Gasteiger partial charge is 0.322 e. The standard InChI is InChI=1S/C13H24N6O/c1-5-14-11-15-12(17-13(16-11)20-4)19-8-6-10(7-9-19)18(2)3/h10H,5-9H2,1-4H3,(H,14,15,16,17). The van der Waals surface area contributed by atoms with Crippen LogP contribution < -0.4 is 15.0 Å². The van der Waals surface area contributed by atoms with E-state index in [1.54, 1.807) is 7.11 Å². The number of piperidine rings is 1. The van der Waals surface area contributed by atoms with Gasteiger partial charge in [0.05, 0.1) is 7.11 Å². The molecule has 0 spiro atoms. The molecule has 0 atom stereocenters. The van der Waals surface area contributed by atoms with Crippen molar-refractivity contribution in [2.75, 3.05) is 51.1 Å². The molecule has 0 aromatic carbocycles. The molecule has 0 saturated carbocycles. The number of rotatable bonds is 5. The Morgan fingerprint density at radius 2 is 1.95 bits per heavy atom. The summed E-state index contributed by atoms with van der Waals surface area (Å²) in [5.41, 5.74) is 0. The minimum Gasteiger partial charge on any atom is -0.467 e. The molecular weight excluding hydrogens is 256 g/mol. The highest BCUT2D eigenvalue weighted by atomic mass is 16.5. The Bertz CT molecular complexity index is 431. The third-order valence-electron chi connectivity index (χ3n) is 3.60. The molecule has 112 valence electrons. The molecule has 0 radical (unpaired) electrons. The van der Waals surface area contributed by atoms with Crippen LogP contribution in [0.25, 0.3) is 0 Å². The number of hydrogen-bond acceptors (Lipinski definition) is 7. The van der Waals surface area contributed by atoms with Gasteiger partial charge in [0.1, 0.15) is 0 Å². The number of anilines is 2. The predicted octanol–water partition coefficient (Wildman–Crippen LogP) is 0.842. The topological polar surface area (TPSA) is 66.4 Å². The summed E-state index contributed by atoms with van der Waals surface area (Å²) >= 11 is 0. The lowest BCUT2D eigenvalue weighted by Gasteiger charge is -2.35. The Balaban J connectivity index is 2.10. The zero-order valence-corrected chi connectivity index (χ0v) is 12.8. The van der Waals surface area contributed by atoms with Crippen LogP contribution in [-0.2, 0) is 0 Å². The van der Waals surface area contributed by atoms with Crippen molar-refractivity contribution in [2.24, 2.45) is 0 Å². The van der Waals surface area contributed by atoms with Gasteiger partial charge in [-0.2, -0.15) is 15.0 Å². The van der Waals surface area contributed by atoms with E-state index in [1.807, 2.05) is 6.92 Å². The van der Waals surface area contributed by atoms with E-state index < -0.39 is 0 Å². The third-order valence-corrected chi connectivity index (χ3v) is 3.60. The Labute approximate surface area is 120 Å². The normalized spacial score (nSPS) is 16.6. The summed E-state index contributed by atoms with van der Waals surface area (Å²) in [6.45, 7) is 4.71. The summed E-state index contributed by atoms with van der Waals surface area (Å²) in [4.78, 5) is 17.5.